The van der Waals surface area contributed by atoms with E-state index in [2.05, 4.69) is 0 Å². The summed E-state index contributed by atoms with van der Waals surface area (Å²) < 4.78 is 42.3. The van der Waals surface area contributed by atoms with E-state index in [0.717, 1.165) is 9.87 Å². The van der Waals surface area contributed by atoms with Crippen LogP contribution in [0.2, 0.25) is 0 Å². The number of carbonyl (C=O) groups excluding carboxylic acids is 1. The molecule has 2 aromatic rings. The second-order valence-corrected chi connectivity index (χ2v) is 7.54. The summed E-state index contributed by atoms with van der Waals surface area (Å²) in [5, 5.41) is 0. The quantitative estimate of drug-likeness (QED) is 0.901. The number of carbonyl (C=O) groups is 1. The molecule has 3 rings (SSSR count). The van der Waals surface area contributed by atoms with Crippen molar-refractivity contribution in [1.82, 2.24) is 4.72 Å². The highest BCUT2D eigenvalue weighted by molar-refractivity contribution is 7.91. The van der Waals surface area contributed by atoms with Gasteiger partial charge in [0.2, 0.25) is 0 Å². The van der Waals surface area contributed by atoms with Gasteiger partial charge < -0.3 is 4.90 Å². The highest BCUT2D eigenvalue weighted by Gasteiger charge is 2.31. The Morgan fingerprint density at radius 1 is 1.20 bits per heavy atom. The molecule has 0 aromatic heterocycles. The highest BCUT2D eigenvalue weighted by atomic mass is 32.2. The molecule has 1 amide bonds. The largest absolute Gasteiger partial charge is 0.378 e. The summed E-state index contributed by atoms with van der Waals surface area (Å²) in [5.41, 5.74) is 1.68. The van der Waals surface area contributed by atoms with Gasteiger partial charge in [-0.05, 0) is 36.2 Å². The second kappa shape index (κ2) is 6.36. The predicted molar refractivity (Wildman–Crippen MR) is 94.6 cm³/mol. The lowest BCUT2D eigenvalue weighted by Crippen LogP contribution is -2.43. The molecule has 0 saturated heterocycles. The van der Waals surface area contributed by atoms with Crippen molar-refractivity contribution < 1.29 is 17.6 Å². The van der Waals surface area contributed by atoms with Crippen molar-refractivity contribution in [3.63, 3.8) is 0 Å². The molecule has 0 spiro atoms. The van der Waals surface area contributed by atoms with E-state index in [4.69, 9.17) is 0 Å². The lowest BCUT2D eigenvalue weighted by Gasteiger charge is -2.20. The normalized spacial score (nSPS) is 13.5. The van der Waals surface area contributed by atoms with Crippen LogP contribution in [0.5, 0.6) is 0 Å². The smallest absolute Gasteiger partial charge is 0.326 e. The van der Waals surface area contributed by atoms with Crippen LogP contribution < -0.4 is 13.9 Å². The van der Waals surface area contributed by atoms with Gasteiger partial charge in [0.05, 0.1) is 11.3 Å². The molecule has 1 aliphatic heterocycles. The molecule has 0 radical (unpaired) electrons. The van der Waals surface area contributed by atoms with Crippen molar-refractivity contribution in [2.24, 2.45) is 0 Å². The number of amides is 1. The first-order valence-electron chi connectivity index (χ1n) is 7.69. The monoisotopic (exact) mass is 363 g/mol. The van der Waals surface area contributed by atoms with Crippen LogP contribution in [0, 0.1) is 5.82 Å². The summed E-state index contributed by atoms with van der Waals surface area (Å²) in [7, 11) is -0.628. The Kier molecular flexibility index (Phi) is 4.38. The van der Waals surface area contributed by atoms with E-state index in [0.29, 0.717) is 17.8 Å². The fraction of sp³-hybridized carbons (Fsp3) is 0.235. The van der Waals surface area contributed by atoms with E-state index in [-0.39, 0.29) is 12.1 Å². The van der Waals surface area contributed by atoms with Crippen LogP contribution in [-0.2, 0) is 16.6 Å². The maximum Gasteiger partial charge on any atom is 0.326 e. The number of hydrogen-bond acceptors (Lipinski definition) is 4. The lowest BCUT2D eigenvalue weighted by molar-refractivity contribution is 0.0977. The van der Waals surface area contributed by atoms with E-state index in [1.54, 1.807) is 37.2 Å². The molecule has 1 aliphatic rings. The minimum Gasteiger partial charge on any atom is -0.378 e. The number of nitrogens with zero attached hydrogens (tertiary/aromatic N) is 2. The summed E-state index contributed by atoms with van der Waals surface area (Å²) >= 11 is 0. The van der Waals surface area contributed by atoms with Crippen LogP contribution in [-0.4, -0.2) is 35.0 Å². The Morgan fingerprint density at radius 2 is 1.92 bits per heavy atom. The van der Waals surface area contributed by atoms with Crippen LogP contribution in [0.1, 0.15) is 15.9 Å². The van der Waals surface area contributed by atoms with E-state index in [1.165, 1.54) is 12.1 Å². The maximum atomic E-state index is 14.2. The molecule has 0 unspecified atom stereocenters. The van der Waals surface area contributed by atoms with E-state index >= 15 is 0 Å². The van der Waals surface area contributed by atoms with Gasteiger partial charge >= 0.3 is 10.2 Å². The number of fused-ring (bicyclic) bond motifs is 1. The fourth-order valence-corrected chi connectivity index (χ4v) is 3.97. The van der Waals surface area contributed by atoms with E-state index in [1.807, 2.05) is 16.9 Å². The molecule has 0 aliphatic carbocycles. The van der Waals surface area contributed by atoms with Crippen LogP contribution >= 0.6 is 0 Å². The van der Waals surface area contributed by atoms with Crippen molar-refractivity contribution in [2.75, 3.05) is 29.8 Å². The van der Waals surface area contributed by atoms with Crippen molar-refractivity contribution in [2.45, 2.75) is 6.42 Å². The molecule has 0 saturated carbocycles. The van der Waals surface area contributed by atoms with Gasteiger partial charge in [-0.3, -0.25) is 9.10 Å². The van der Waals surface area contributed by atoms with Gasteiger partial charge in [-0.15, -0.1) is 0 Å². The minimum absolute atomic E-state index is 0.240. The molecule has 0 atom stereocenters. The summed E-state index contributed by atoms with van der Waals surface area (Å²) in [6.45, 7) is 0.240. The Morgan fingerprint density at radius 3 is 2.60 bits per heavy atom. The zero-order valence-corrected chi connectivity index (χ0v) is 14.7. The molecular weight excluding hydrogens is 345 g/mol. The number of hydrogen-bond donors (Lipinski definition) is 1. The van der Waals surface area contributed by atoms with Gasteiger partial charge in [-0.1, -0.05) is 18.2 Å². The topological polar surface area (TPSA) is 69.7 Å². The first-order valence-corrected chi connectivity index (χ1v) is 9.13. The first-order chi connectivity index (χ1) is 11.8. The van der Waals surface area contributed by atoms with Gasteiger partial charge in [-0.25, -0.2) is 9.11 Å². The molecule has 6 nitrogen and oxygen atoms in total. The Balaban J connectivity index is 1.83. The van der Waals surface area contributed by atoms with Crippen LogP contribution in [0.15, 0.2) is 42.5 Å². The number of rotatable bonds is 4. The Bertz CT molecular complexity index is 928. The van der Waals surface area contributed by atoms with E-state index < -0.39 is 21.9 Å². The van der Waals surface area contributed by atoms with Crippen molar-refractivity contribution in [3.8, 4) is 0 Å². The number of benzene rings is 2. The third-order valence-electron chi connectivity index (χ3n) is 4.07. The first kappa shape index (κ1) is 17.2. The zero-order valence-electron chi connectivity index (χ0n) is 13.9. The summed E-state index contributed by atoms with van der Waals surface area (Å²) in [6, 6.07) is 11.1. The average molecular weight is 363 g/mol. The summed E-state index contributed by atoms with van der Waals surface area (Å²) in [5.74, 6) is -1.77. The molecule has 1 heterocycles. The third kappa shape index (κ3) is 3.30. The molecule has 0 bridgehead atoms. The van der Waals surface area contributed by atoms with Gasteiger partial charge in [0, 0.05) is 26.3 Å². The molecule has 132 valence electrons. The predicted octanol–water partition coefficient (Wildman–Crippen LogP) is 1.93. The number of halogens is 1. The molecule has 0 fully saturated rings. The van der Waals surface area contributed by atoms with Crippen molar-refractivity contribution >= 4 is 27.5 Å². The standard InChI is InChI=1S/C17H18FN3O3S/c1-20(2)13-7-8-14(15(18)11-13)17(22)19-25(23,24)21-10-9-12-5-3-4-6-16(12)21/h3-8,11H,9-10H2,1-2H3,(H,19,22). The average Bonchev–Trinajstić information content (AvgIpc) is 2.99. The fourth-order valence-electron chi connectivity index (χ4n) is 2.75. The molecule has 25 heavy (non-hydrogen) atoms. The Hall–Kier alpha value is -2.61. The third-order valence-corrected chi connectivity index (χ3v) is 5.47. The van der Waals surface area contributed by atoms with Gasteiger partial charge in [0.1, 0.15) is 5.82 Å². The highest BCUT2D eigenvalue weighted by Crippen LogP contribution is 2.29. The SMILES string of the molecule is CN(C)c1ccc(C(=O)NS(=O)(=O)N2CCc3ccccc32)c(F)c1. The van der Waals surface area contributed by atoms with Crippen LogP contribution in [0.3, 0.4) is 0 Å². The van der Waals surface area contributed by atoms with Crippen molar-refractivity contribution in [3.05, 3.63) is 59.4 Å². The van der Waals surface area contributed by atoms with Crippen LogP contribution in [0.4, 0.5) is 15.8 Å². The number of nitrogens with one attached hydrogen (secondary N) is 1. The molecule has 2 aromatic carbocycles. The Labute approximate surface area is 146 Å². The minimum atomic E-state index is -4.11. The van der Waals surface area contributed by atoms with Crippen LogP contribution in [0.25, 0.3) is 0 Å². The zero-order chi connectivity index (χ0) is 18.2. The lowest BCUT2D eigenvalue weighted by atomic mass is 10.2. The van der Waals surface area contributed by atoms with Gasteiger partial charge in [-0.2, -0.15) is 8.42 Å². The van der Waals surface area contributed by atoms with E-state index in [9.17, 15) is 17.6 Å². The molecule has 8 heteroatoms. The summed E-state index contributed by atoms with van der Waals surface area (Å²) in [6.07, 6.45) is 0.567. The van der Waals surface area contributed by atoms with Gasteiger partial charge in [0.15, 0.2) is 0 Å². The molecular formula is C17H18FN3O3S. The maximum absolute atomic E-state index is 14.2. The summed E-state index contributed by atoms with van der Waals surface area (Å²) in [4.78, 5) is 13.9. The van der Waals surface area contributed by atoms with Gasteiger partial charge in [0.25, 0.3) is 5.91 Å². The number of anilines is 2. The number of para-hydroxylation sites is 1. The second-order valence-electron chi connectivity index (χ2n) is 5.95. The van der Waals surface area contributed by atoms with Crippen molar-refractivity contribution in [1.29, 1.82) is 0 Å². The molecule has 1 N–H and O–H groups in total.